The number of nitrogens with zero attached hydrogens (tertiary/aromatic N) is 1. The molecule has 0 unspecified atom stereocenters. The second-order valence-corrected chi connectivity index (χ2v) is 9.50. The van der Waals surface area contributed by atoms with Gasteiger partial charge in [-0.05, 0) is 66.6 Å². The van der Waals surface area contributed by atoms with Crippen LogP contribution in [-0.2, 0) is 16.2 Å². The first-order valence-corrected chi connectivity index (χ1v) is 12.1. The SMILES string of the molecule is COc1ccc(/C=C2/C(=O)NC(=O)N(c3ccc(Br)c(C)c3)C2=O)c(OCc2ccc(Cl)c(Cl)c2)c1. The molecule has 4 rings (SSSR count). The zero-order valence-electron chi connectivity index (χ0n) is 19.1. The first-order chi connectivity index (χ1) is 17.2. The van der Waals surface area contributed by atoms with Gasteiger partial charge in [0.25, 0.3) is 11.8 Å². The van der Waals surface area contributed by atoms with E-state index in [1.807, 2.05) is 6.92 Å². The van der Waals surface area contributed by atoms with Crippen LogP contribution in [0.15, 0.2) is 64.6 Å². The van der Waals surface area contributed by atoms with E-state index in [-0.39, 0.29) is 12.2 Å². The fourth-order valence-corrected chi connectivity index (χ4v) is 4.06. The highest BCUT2D eigenvalue weighted by molar-refractivity contribution is 9.10. The van der Waals surface area contributed by atoms with Crippen LogP contribution in [0.25, 0.3) is 6.08 Å². The Balaban J connectivity index is 1.69. The molecule has 0 radical (unpaired) electrons. The topological polar surface area (TPSA) is 84.9 Å². The number of urea groups is 1. The highest BCUT2D eigenvalue weighted by atomic mass is 79.9. The van der Waals surface area contributed by atoms with Crippen LogP contribution in [0.1, 0.15) is 16.7 Å². The Bertz CT molecular complexity index is 1420. The standard InChI is InChI=1S/C26H19BrCl2N2O5/c1-14-9-17(5-7-20(14)27)31-25(33)19(24(32)30-26(31)34)11-16-4-6-18(35-2)12-23(16)36-13-15-3-8-21(28)22(29)10-15/h3-12H,13H2,1-2H3,(H,30,32,34)/b19-11-. The van der Waals surface area contributed by atoms with Gasteiger partial charge in [-0.2, -0.15) is 0 Å². The van der Waals surface area contributed by atoms with Gasteiger partial charge < -0.3 is 9.47 Å². The molecular weight excluding hydrogens is 571 g/mol. The van der Waals surface area contributed by atoms with Crippen molar-refractivity contribution in [2.24, 2.45) is 0 Å². The molecule has 1 N–H and O–H groups in total. The van der Waals surface area contributed by atoms with Crippen LogP contribution < -0.4 is 19.7 Å². The Labute approximate surface area is 225 Å². The lowest BCUT2D eigenvalue weighted by Gasteiger charge is -2.27. The average Bonchev–Trinajstić information content (AvgIpc) is 2.85. The second-order valence-electron chi connectivity index (χ2n) is 7.83. The van der Waals surface area contributed by atoms with Gasteiger partial charge in [-0.25, -0.2) is 9.69 Å². The van der Waals surface area contributed by atoms with Crippen molar-refractivity contribution in [3.05, 3.63) is 91.4 Å². The Morgan fingerprint density at radius 1 is 1.00 bits per heavy atom. The van der Waals surface area contributed by atoms with Crippen LogP contribution in [0.5, 0.6) is 11.5 Å². The fourth-order valence-electron chi connectivity index (χ4n) is 3.49. The summed E-state index contributed by atoms with van der Waals surface area (Å²) in [6.45, 7) is 1.97. The summed E-state index contributed by atoms with van der Waals surface area (Å²) < 4.78 is 12.1. The Morgan fingerprint density at radius 2 is 1.78 bits per heavy atom. The van der Waals surface area contributed by atoms with Crippen molar-refractivity contribution in [3.8, 4) is 11.5 Å². The lowest BCUT2D eigenvalue weighted by molar-refractivity contribution is -0.122. The maximum Gasteiger partial charge on any atom is 0.335 e. The van der Waals surface area contributed by atoms with E-state index in [9.17, 15) is 14.4 Å². The molecule has 0 bridgehead atoms. The summed E-state index contributed by atoms with van der Waals surface area (Å²) >= 11 is 15.5. The van der Waals surface area contributed by atoms with Gasteiger partial charge in [-0.3, -0.25) is 14.9 Å². The lowest BCUT2D eigenvalue weighted by atomic mass is 10.1. The van der Waals surface area contributed by atoms with Gasteiger partial charge in [0.05, 0.1) is 22.8 Å². The van der Waals surface area contributed by atoms with Crippen molar-refractivity contribution in [2.45, 2.75) is 13.5 Å². The highest BCUT2D eigenvalue weighted by Crippen LogP contribution is 2.31. The smallest absolute Gasteiger partial charge is 0.335 e. The number of halogens is 3. The predicted octanol–water partition coefficient (Wildman–Crippen LogP) is 6.32. The van der Waals surface area contributed by atoms with Gasteiger partial charge in [0.15, 0.2) is 0 Å². The summed E-state index contributed by atoms with van der Waals surface area (Å²) in [5, 5.41) is 3.05. The van der Waals surface area contributed by atoms with Gasteiger partial charge >= 0.3 is 6.03 Å². The molecule has 0 aliphatic carbocycles. The minimum atomic E-state index is -0.824. The number of carbonyl (C=O) groups is 3. The lowest BCUT2D eigenvalue weighted by Crippen LogP contribution is -2.54. The highest BCUT2D eigenvalue weighted by Gasteiger charge is 2.37. The van der Waals surface area contributed by atoms with Crippen LogP contribution in [0.2, 0.25) is 10.0 Å². The van der Waals surface area contributed by atoms with E-state index in [4.69, 9.17) is 32.7 Å². The number of ether oxygens (including phenoxy) is 2. The fraction of sp³-hybridized carbons (Fsp3) is 0.115. The van der Waals surface area contributed by atoms with Gasteiger partial charge in [0, 0.05) is 16.1 Å². The van der Waals surface area contributed by atoms with Crippen molar-refractivity contribution in [1.82, 2.24) is 5.32 Å². The van der Waals surface area contributed by atoms with Crippen molar-refractivity contribution in [1.29, 1.82) is 0 Å². The van der Waals surface area contributed by atoms with E-state index in [0.717, 1.165) is 20.5 Å². The number of carbonyl (C=O) groups excluding carboxylic acids is 3. The van der Waals surface area contributed by atoms with E-state index in [0.29, 0.717) is 32.8 Å². The molecule has 3 aromatic rings. The molecule has 0 aromatic heterocycles. The maximum atomic E-state index is 13.3. The Kier molecular flexibility index (Phi) is 7.68. The number of methoxy groups -OCH3 is 1. The summed E-state index contributed by atoms with van der Waals surface area (Å²) in [5.41, 5.74) is 2.14. The predicted molar refractivity (Wildman–Crippen MR) is 142 cm³/mol. The molecule has 4 amide bonds. The van der Waals surface area contributed by atoms with E-state index in [2.05, 4.69) is 21.2 Å². The number of amides is 4. The van der Waals surface area contributed by atoms with Gasteiger partial charge in [0.2, 0.25) is 0 Å². The molecule has 36 heavy (non-hydrogen) atoms. The Morgan fingerprint density at radius 3 is 2.47 bits per heavy atom. The number of aryl methyl sites for hydroxylation is 1. The molecule has 10 heteroatoms. The van der Waals surface area contributed by atoms with Crippen LogP contribution >= 0.6 is 39.1 Å². The number of rotatable bonds is 6. The molecule has 1 fully saturated rings. The largest absolute Gasteiger partial charge is 0.497 e. The first-order valence-electron chi connectivity index (χ1n) is 10.6. The molecule has 0 saturated carbocycles. The summed E-state index contributed by atoms with van der Waals surface area (Å²) in [6, 6.07) is 14.3. The van der Waals surface area contributed by atoms with E-state index in [1.165, 1.54) is 13.2 Å². The normalized spacial score (nSPS) is 14.8. The third-order valence-electron chi connectivity index (χ3n) is 5.40. The van der Waals surface area contributed by atoms with Gasteiger partial charge in [-0.15, -0.1) is 0 Å². The number of hydrogen-bond acceptors (Lipinski definition) is 5. The molecule has 1 aliphatic rings. The van der Waals surface area contributed by atoms with Crippen molar-refractivity contribution in [3.63, 3.8) is 0 Å². The summed E-state index contributed by atoms with van der Waals surface area (Å²) in [7, 11) is 1.51. The van der Waals surface area contributed by atoms with Gasteiger partial charge in [-0.1, -0.05) is 45.2 Å². The molecule has 0 spiro atoms. The number of hydrogen-bond donors (Lipinski definition) is 1. The summed E-state index contributed by atoms with van der Waals surface area (Å²) in [4.78, 5) is 39.4. The number of nitrogens with one attached hydrogen (secondary N) is 1. The summed E-state index contributed by atoms with van der Waals surface area (Å²) in [5.74, 6) is -0.683. The third-order valence-corrected chi connectivity index (χ3v) is 7.03. The van der Waals surface area contributed by atoms with Crippen LogP contribution in [0.4, 0.5) is 10.5 Å². The molecular formula is C26H19BrCl2N2O5. The molecule has 184 valence electrons. The van der Waals surface area contributed by atoms with Crippen molar-refractivity contribution in [2.75, 3.05) is 12.0 Å². The number of barbiturate groups is 1. The van der Waals surface area contributed by atoms with E-state index < -0.39 is 17.8 Å². The number of imide groups is 2. The average molecular weight is 590 g/mol. The van der Waals surface area contributed by atoms with Crippen LogP contribution in [0, 0.1) is 6.92 Å². The minimum absolute atomic E-state index is 0.142. The number of anilines is 1. The molecule has 7 nitrogen and oxygen atoms in total. The Hall–Kier alpha value is -3.33. The molecule has 1 saturated heterocycles. The molecule has 3 aromatic carbocycles. The van der Waals surface area contributed by atoms with E-state index >= 15 is 0 Å². The zero-order valence-corrected chi connectivity index (χ0v) is 22.2. The zero-order chi connectivity index (χ0) is 26.0. The second kappa shape index (κ2) is 10.7. The molecule has 1 aliphatic heterocycles. The first kappa shape index (κ1) is 25.8. The van der Waals surface area contributed by atoms with Crippen LogP contribution in [-0.4, -0.2) is 25.0 Å². The van der Waals surface area contributed by atoms with Crippen molar-refractivity contribution >= 4 is 68.7 Å². The van der Waals surface area contributed by atoms with Crippen molar-refractivity contribution < 1.29 is 23.9 Å². The third kappa shape index (κ3) is 5.41. The van der Waals surface area contributed by atoms with Gasteiger partial charge in [0.1, 0.15) is 23.7 Å². The molecule has 1 heterocycles. The minimum Gasteiger partial charge on any atom is -0.497 e. The maximum absolute atomic E-state index is 13.3. The van der Waals surface area contributed by atoms with Crippen LogP contribution in [0.3, 0.4) is 0 Å². The summed E-state index contributed by atoms with van der Waals surface area (Å²) in [6.07, 6.45) is 1.38. The monoisotopic (exact) mass is 588 g/mol. The quantitative estimate of drug-likeness (QED) is 0.269. The van der Waals surface area contributed by atoms with E-state index in [1.54, 1.807) is 54.6 Å². The number of benzene rings is 3. The molecule has 0 atom stereocenters.